The molecule has 0 bridgehead atoms. The molecule has 0 aliphatic carbocycles. The molecule has 0 amide bonds. The topological polar surface area (TPSA) is 49.3 Å². The Balaban J connectivity index is 2.14. The minimum atomic E-state index is -0.896. The molecule has 0 unspecified atom stereocenters. The molecule has 1 aromatic carbocycles. The Kier molecular flexibility index (Phi) is 4.27. The zero-order valence-corrected chi connectivity index (χ0v) is 12.3. The van der Waals surface area contributed by atoms with Gasteiger partial charge in [0.05, 0.1) is 5.69 Å². The summed E-state index contributed by atoms with van der Waals surface area (Å²) in [6.07, 6.45) is 0. The number of carbonyl (C=O) groups is 1. The molecule has 0 aliphatic rings. The van der Waals surface area contributed by atoms with Crippen molar-refractivity contribution in [2.75, 3.05) is 5.32 Å². The van der Waals surface area contributed by atoms with E-state index < -0.39 is 5.97 Å². The molecule has 0 radical (unpaired) electrons. The Bertz CT molecular complexity index is 585. The van der Waals surface area contributed by atoms with E-state index in [1.807, 2.05) is 6.07 Å². The van der Waals surface area contributed by atoms with Crippen LogP contribution in [0.4, 0.5) is 5.69 Å². The number of anilines is 1. The number of carboxylic acids is 1. The number of nitrogens with one attached hydrogen (secondary N) is 1. The maximum Gasteiger partial charge on any atom is 0.346 e. The fourth-order valence-electron chi connectivity index (χ4n) is 1.49. The van der Waals surface area contributed by atoms with E-state index in [4.69, 9.17) is 16.7 Å². The van der Waals surface area contributed by atoms with Crippen molar-refractivity contribution in [3.8, 4) is 0 Å². The molecule has 94 valence electrons. The number of aromatic carboxylic acids is 1. The predicted molar refractivity (Wildman–Crippen MR) is 77.8 cm³/mol. The zero-order valence-electron chi connectivity index (χ0n) is 9.11. The SMILES string of the molecule is O=C(O)c1sccc1CNc1cc(Cl)ccc1Br. The van der Waals surface area contributed by atoms with Crippen LogP contribution in [-0.2, 0) is 6.54 Å². The molecular formula is C12H9BrClNO2S. The van der Waals surface area contributed by atoms with Crippen molar-refractivity contribution in [2.24, 2.45) is 0 Å². The lowest BCUT2D eigenvalue weighted by molar-refractivity contribution is 0.0701. The summed E-state index contributed by atoms with van der Waals surface area (Å²) in [7, 11) is 0. The molecule has 0 saturated heterocycles. The van der Waals surface area contributed by atoms with E-state index in [9.17, 15) is 4.79 Å². The summed E-state index contributed by atoms with van der Waals surface area (Å²) in [6.45, 7) is 0.448. The molecule has 2 N–H and O–H groups in total. The zero-order chi connectivity index (χ0) is 13.1. The van der Waals surface area contributed by atoms with E-state index in [0.29, 0.717) is 16.4 Å². The minimum absolute atomic E-state index is 0.362. The Morgan fingerprint density at radius 2 is 2.22 bits per heavy atom. The molecule has 6 heteroatoms. The maximum absolute atomic E-state index is 11.0. The first kappa shape index (κ1) is 13.4. The second-order valence-corrected chi connectivity index (χ2v) is 5.76. The molecule has 0 atom stereocenters. The summed E-state index contributed by atoms with van der Waals surface area (Å²) >= 11 is 10.5. The van der Waals surface area contributed by atoms with E-state index >= 15 is 0 Å². The third-order valence-corrected chi connectivity index (χ3v) is 4.21. The summed E-state index contributed by atoms with van der Waals surface area (Å²) in [6, 6.07) is 7.22. The van der Waals surface area contributed by atoms with Crippen LogP contribution in [0.3, 0.4) is 0 Å². The predicted octanol–water partition coefficient (Wildman–Crippen LogP) is 4.47. The third kappa shape index (κ3) is 3.04. The Labute approximate surface area is 122 Å². The Hall–Kier alpha value is -1.04. The lowest BCUT2D eigenvalue weighted by atomic mass is 10.2. The quantitative estimate of drug-likeness (QED) is 0.858. The average molecular weight is 347 g/mol. The summed E-state index contributed by atoms with van der Waals surface area (Å²) in [4.78, 5) is 11.3. The number of hydrogen-bond acceptors (Lipinski definition) is 3. The second kappa shape index (κ2) is 5.73. The van der Waals surface area contributed by atoms with Gasteiger partial charge in [-0.2, -0.15) is 0 Å². The number of rotatable bonds is 4. The fraction of sp³-hybridized carbons (Fsp3) is 0.0833. The number of thiophene rings is 1. The normalized spacial score (nSPS) is 10.3. The van der Waals surface area contributed by atoms with Crippen LogP contribution in [0.15, 0.2) is 34.1 Å². The van der Waals surface area contributed by atoms with Crippen molar-refractivity contribution < 1.29 is 9.90 Å². The van der Waals surface area contributed by atoms with Crippen LogP contribution in [0.25, 0.3) is 0 Å². The van der Waals surface area contributed by atoms with Crippen molar-refractivity contribution in [2.45, 2.75) is 6.54 Å². The molecule has 1 heterocycles. The van der Waals surface area contributed by atoms with Crippen LogP contribution in [0, 0.1) is 0 Å². The van der Waals surface area contributed by atoms with Gasteiger partial charge in [0, 0.05) is 16.0 Å². The molecule has 2 aromatic rings. The van der Waals surface area contributed by atoms with Gasteiger partial charge < -0.3 is 10.4 Å². The number of hydrogen-bond donors (Lipinski definition) is 2. The van der Waals surface area contributed by atoms with Crippen LogP contribution in [0.2, 0.25) is 5.02 Å². The van der Waals surface area contributed by atoms with Gasteiger partial charge in [-0.25, -0.2) is 4.79 Å². The molecule has 0 aliphatic heterocycles. The van der Waals surface area contributed by atoms with Crippen LogP contribution < -0.4 is 5.32 Å². The van der Waals surface area contributed by atoms with Crippen molar-refractivity contribution >= 4 is 50.5 Å². The molecule has 1 aromatic heterocycles. The summed E-state index contributed by atoms with van der Waals surface area (Å²) in [5.41, 5.74) is 1.60. The van der Waals surface area contributed by atoms with Gasteiger partial charge >= 0.3 is 5.97 Å². The summed E-state index contributed by atoms with van der Waals surface area (Å²) < 4.78 is 0.888. The van der Waals surface area contributed by atoms with Gasteiger partial charge in [-0.15, -0.1) is 11.3 Å². The molecule has 3 nitrogen and oxygen atoms in total. The first-order valence-electron chi connectivity index (χ1n) is 5.06. The van der Waals surface area contributed by atoms with E-state index in [0.717, 1.165) is 15.7 Å². The molecule has 0 saturated carbocycles. The van der Waals surface area contributed by atoms with Crippen molar-refractivity contribution in [3.63, 3.8) is 0 Å². The minimum Gasteiger partial charge on any atom is -0.477 e. The van der Waals surface area contributed by atoms with Gasteiger partial charge in [-0.1, -0.05) is 11.6 Å². The highest BCUT2D eigenvalue weighted by Crippen LogP contribution is 2.27. The molecule has 2 rings (SSSR count). The van der Waals surface area contributed by atoms with Crippen molar-refractivity contribution in [1.29, 1.82) is 0 Å². The number of halogens is 2. The van der Waals surface area contributed by atoms with Gasteiger partial charge in [-0.05, 0) is 51.1 Å². The van der Waals surface area contributed by atoms with Crippen molar-refractivity contribution in [3.05, 3.63) is 49.6 Å². The first-order valence-corrected chi connectivity index (χ1v) is 7.11. The van der Waals surface area contributed by atoms with E-state index in [1.54, 1.807) is 23.6 Å². The van der Waals surface area contributed by atoms with Crippen LogP contribution in [-0.4, -0.2) is 11.1 Å². The van der Waals surface area contributed by atoms with Gasteiger partial charge in [-0.3, -0.25) is 0 Å². The van der Waals surface area contributed by atoms with Crippen LogP contribution >= 0.6 is 38.9 Å². The number of benzene rings is 1. The number of carboxylic acid groups (broad SMARTS) is 1. The first-order chi connectivity index (χ1) is 8.58. The maximum atomic E-state index is 11.0. The standard InChI is InChI=1S/C12H9BrClNO2S/c13-9-2-1-8(14)5-10(9)15-6-7-3-4-18-11(7)12(16)17/h1-5,15H,6H2,(H,16,17). The highest BCUT2D eigenvalue weighted by atomic mass is 79.9. The monoisotopic (exact) mass is 345 g/mol. The summed E-state index contributed by atoms with van der Waals surface area (Å²) in [5, 5.41) is 14.6. The lowest BCUT2D eigenvalue weighted by Gasteiger charge is -2.08. The molecule has 18 heavy (non-hydrogen) atoms. The molecular weight excluding hydrogens is 338 g/mol. The molecule has 0 spiro atoms. The van der Waals surface area contributed by atoms with Gasteiger partial charge in [0.15, 0.2) is 0 Å². The largest absolute Gasteiger partial charge is 0.477 e. The van der Waals surface area contributed by atoms with Crippen LogP contribution in [0.5, 0.6) is 0 Å². The van der Waals surface area contributed by atoms with Gasteiger partial charge in [0.2, 0.25) is 0 Å². The smallest absolute Gasteiger partial charge is 0.346 e. The van der Waals surface area contributed by atoms with Gasteiger partial charge in [0.25, 0.3) is 0 Å². The second-order valence-electron chi connectivity index (χ2n) is 3.56. The van der Waals surface area contributed by atoms with E-state index in [1.165, 1.54) is 11.3 Å². The Morgan fingerprint density at radius 1 is 1.44 bits per heavy atom. The van der Waals surface area contributed by atoms with E-state index in [-0.39, 0.29) is 0 Å². The third-order valence-electron chi connectivity index (χ3n) is 2.34. The highest BCUT2D eigenvalue weighted by Gasteiger charge is 2.11. The highest BCUT2D eigenvalue weighted by molar-refractivity contribution is 9.10. The average Bonchev–Trinajstić information content (AvgIpc) is 2.79. The van der Waals surface area contributed by atoms with E-state index in [2.05, 4.69) is 21.2 Å². The fourth-order valence-corrected chi connectivity index (χ4v) is 2.81. The molecule has 0 fully saturated rings. The lowest BCUT2D eigenvalue weighted by Crippen LogP contribution is -2.04. The van der Waals surface area contributed by atoms with Crippen LogP contribution in [0.1, 0.15) is 15.2 Å². The van der Waals surface area contributed by atoms with Gasteiger partial charge in [0.1, 0.15) is 4.88 Å². The van der Waals surface area contributed by atoms with Crippen molar-refractivity contribution in [1.82, 2.24) is 0 Å². The summed E-state index contributed by atoms with van der Waals surface area (Å²) in [5.74, 6) is -0.896. The Morgan fingerprint density at radius 3 is 2.94 bits per heavy atom.